The number of nitrogens with zero attached hydrogens (tertiary/aromatic N) is 3. The Bertz CT molecular complexity index is 2080. The van der Waals surface area contributed by atoms with Crippen LogP contribution in [0.5, 0.6) is 0 Å². The van der Waals surface area contributed by atoms with Crippen molar-refractivity contribution in [2.24, 2.45) is 5.92 Å². The summed E-state index contributed by atoms with van der Waals surface area (Å²) in [6.45, 7) is 13.9. The third kappa shape index (κ3) is 6.99. The average molecular weight is 778 g/mol. The summed E-state index contributed by atoms with van der Waals surface area (Å²) in [6, 6.07) is 41.3. The van der Waals surface area contributed by atoms with Crippen molar-refractivity contribution in [3.63, 3.8) is 0 Å². The number of benzene rings is 4. The molecule has 7 rings (SSSR count). The zero-order chi connectivity index (χ0) is 31.3. The van der Waals surface area contributed by atoms with Gasteiger partial charge < -0.3 is 9.55 Å². The van der Waals surface area contributed by atoms with Crippen LogP contribution in [0.4, 0.5) is 0 Å². The average Bonchev–Trinajstić information content (AvgIpc) is 3.37. The molecule has 0 unspecified atom stereocenters. The van der Waals surface area contributed by atoms with Crippen molar-refractivity contribution in [2.75, 3.05) is 0 Å². The molecule has 0 aliphatic carbocycles. The van der Waals surface area contributed by atoms with Gasteiger partial charge in [0.2, 0.25) is 0 Å². The maximum atomic E-state index is 4.65. The first-order valence-electron chi connectivity index (χ1n) is 15.7. The van der Waals surface area contributed by atoms with Gasteiger partial charge in [0.15, 0.2) is 0 Å². The van der Waals surface area contributed by atoms with Gasteiger partial charge in [-0.15, -0.1) is 41.5 Å². The molecule has 46 heavy (non-hydrogen) atoms. The van der Waals surface area contributed by atoms with Gasteiger partial charge in [-0.3, -0.25) is 4.98 Å². The first-order valence-corrected chi connectivity index (χ1v) is 15.7. The Morgan fingerprint density at radius 1 is 0.761 bits per heavy atom. The minimum atomic E-state index is 0. The number of aryl methyl sites for hydroxylation is 2. The van der Waals surface area contributed by atoms with Gasteiger partial charge in [-0.2, -0.15) is 18.6 Å². The number of para-hydroxylation sites is 1. The molecule has 0 bridgehead atoms. The molecule has 233 valence electrons. The van der Waals surface area contributed by atoms with Crippen molar-refractivity contribution < 1.29 is 20.1 Å². The van der Waals surface area contributed by atoms with Gasteiger partial charge >= 0.3 is 0 Å². The van der Waals surface area contributed by atoms with E-state index in [-0.39, 0.29) is 20.1 Å². The van der Waals surface area contributed by atoms with Gasteiger partial charge in [-0.1, -0.05) is 92.4 Å². The van der Waals surface area contributed by atoms with Crippen LogP contribution in [-0.2, 0) is 33.1 Å². The smallest absolute Gasteiger partial charge is 0.0391 e. The van der Waals surface area contributed by atoms with Crippen molar-refractivity contribution in [3.8, 4) is 33.6 Å². The van der Waals surface area contributed by atoms with Crippen molar-refractivity contribution >= 4 is 21.8 Å². The predicted octanol–water partition coefficient (Wildman–Crippen LogP) is 10.8. The van der Waals surface area contributed by atoms with Crippen LogP contribution in [0.15, 0.2) is 122 Å². The fraction of sp³-hybridized carbons (Fsp3) is 0.167. The first kappa shape index (κ1) is 32.9. The Morgan fingerprint density at radius 3 is 2.24 bits per heavy atom. The zero-order valence-electron chi connectivity index (χ0n) is 26.9. The van der Waals surface area contributed by atoms with E-state index in [1.807, 2.05) is 42.7 Å². The molecule has 0 N–H and O–H groups in total. The third-order valence-electron chi connectivity index (χ3n) is 8.19. The summed E-state index contributed by atoms with van der Waals surface area (Å²) in [6.07, 6.45) is 4.83. The molecule has 3 aromatic heterocycles. The summed E-state index contributed by atoms with van der Waals surface area (Å²) in [7, 11) is 0. The summed E-state index contributed by atoms with van der Waals surface area (Å²) < 4.78 is 2.42. The molecule has 0 spiro atoms. The summed E-state index contributed by atoms with van der Waals surface area (Å²) >= 11 is 0. The minimum Gasteiger partial charge on any atom is -0.380 e. The molecule has 0 amide bonds. The Balaban J connectivity index is 0.000000179. The van der Waals surface area contributed by atoms with Crippen LogP contribution >= 0.6 is 0 Å². The summed E-state index contributed by atoms with van der Waals surface area (Å²) in [4.78, 5) is 9.17. The Labute approximate surface area is 286 Å². The molecule has 0 saturated heterocycles. The van der Waals surface area contributed by atoms with Gasteiger partial charge in [-0.05, 0) is 65.2 Å². The SMILES string of the molecule is Cc1ccnc(-c2[c-]cc3c(c2)c2ccccc2n3CC(C)C)c1.[CH2-]c1ccccc1-c1cc(CC)c(-c2ccccc2)cn1.[Ir]. The first-order chi connectivity index (χ1) is 21.9. The molecule has 4 heteroatoms. The molecule has 3 nitrogen and oxygen atoms in total. The second kappa shape index (κ2) is 14.7. The largest absolute Gasteiger partial charge is 0.380 e. The van der Waals surface area contributed by atoms with E-state index in [4.69, 9.17) is 0 Å². The second-order valence-corrected chi connectivity index (χ2v) is 12.0. The number of fused-ring (bicyclic) bond motifs is 3. The van der Waals surface area contributed by atoms with E-state index in [1.54, 1.807) is 0 Å². The van der Waals surface area contributed by atoms with E-state index in [9.17, 15) is 0 Å². The van der Waals surface area contributed by atoms with Crippen LogP contribution in [0.1, 0.15) is 37.5 Å². The van der Waals surface area contributed by atoms with Gasteiger partial charge in [0.1, 0.15) is 0 Å². The minimum absolute atomic E-state index is 0. The van der Waals surface area contributed by atoms with E-state index in [0.29, 0.717) is 5.92 Å². The van der Waals surface area contributed by atoms with E-state index in [2.05, 4.69) is 134 Å². The molecule has 3 heterocycles. The molecule has 0 aliphatic heterocycles. The second-order valence-electron chi connectivity index (χ2n) is 12.0. The van der Waals surface area contributed by atoms with E-state index >= 15 is 0 Å². The molecule has 7 aromatic rings. The molecule has 0 saturated carbocycles. The Kier molecular flexibility index (Phi) is 10.5. The van der Waals surface area contributed by atoms with E-state index in [1.165, 1.54) is 44.1 Å². The van der Waals surface area contributed by atoms with Gasteiger partial charge in [0.25, 0.3) is 0 Å². The predicted molar refractivity (Wildman–Crippen MR) is 190 cm³/mol. The molecular weight excluding hydrogens is 739 g/mol. The normalized spacial score (nSPS) is 10.9. The van der Waals surface area contributed by atoms with Gasteiger partial charge in [-0.25, -0.2) is 0 Å². The number of hydrogen-bond donors (Lipinski definition) is 0. The van der Waals surface area contributed by atoms with Gasteiger partial charge in [0.05, 0.1) is 0 Å². The fourth-order valence-electron chi connectivity index (χ4n) is 5.97. The number of pyridine rings is 2. The fourth-order valence-corrected chi connectivity index (χ4v) is 5.97. The topological polar surface area (TPSA) is 30.7 Å². The maximum Gasteiger partial charge on any atom is 0.0391 e. The maximum absolute atomic E-state index is 4.65. The summed E-state index contributed by atoms with van der Waals surface area (Å²) in [5.74, 6) is 0.599. The quantitative estimate of drug-likeness (QED) is 0.158. The number of aromatic nitrogens is 3. The van der Waals surface area contributed by atoms with Crippen molar-refractivity contribution in [1.29, 1.82) is 0 Å². The number of rotatable bonds is 6. The molecule has 0 atom stereocenters. The van der Waals surface area contributed by atoms with Crippen molar-refractivity contribution in [1.82, 2.24) is 14.5 Å². The summed E-state index contributed by atoms with van der Waals surface area (Å²) in [5.41, 5.74) is 12.7. The molecule has 0 fully saturated rings. The van der Waals surface area contributed by atoms with Crippen molar-refractivity contribution in [2.45, 2.75) is 40.7 Å². The van der Waals surface area contributed by atoms with Crippen LogP contribution < -0.4 is 0 Å². The number of hydrogen-bond acceptors (Lipinski definition) is 2. The molecule has 4 aromatic carbocycles. The van der Waals surface area contributed by atoms with Crippen LogP contribution in [-0.4, -0.2) is 14.5 Å². The van der Waals surface area contributed by atoms with Crippen LogP contribution in [0.3, 0.4) is 0 Å². The molecule has 1 radical (unpaired) electrons. The Morgan fingerprint density at radius 2 is 1.50 bits per heavy atom. The van der Waals surface area contributed by atoms with Crippen LogP contribution in [0, 0.1) is 25.8 Å². The zero-order valence-corrected chi connectivity index (χ0v) is 29.3. The van der Waals surface area contributed by atoms with Crippen LogP contribution in [0.2, 0.25) is 0 Å². The summed E-state index contributed by atoms with van der Waals surface area (Å²) in [5, 5.41) is 2.58. The van der Waals surface area contributed by atoms with Gasteiger partial charge in [0, 0.05) is 55.8 Å². The van der Waals surface area contributed by atoms with Crippen LogP contribution in [0.25, 0.3) is 55.4 Å². The Hall–Kier alpha value is -4.50. The molecule has 0 aliphatic rings. The third-order valence-corrected chi connectivity index (χ3v) is 8.19. The van der Waals surface area contributed by atoms with Crippen molar-refractivity contribution in [3.05, 3.63) is 151 Å². The monoisotopic (exact) mass is 778 g/mol. The standard InChI is InChI=1S/C22H21N2.C20H18N.Ir/c1-15(2)14-24-21-7-5-4-6-18(21)19-13-17(8-9-22(19)24)20-12-16(3)10-11-23-20;1-3-16-13-20(18-12-8-7-9-15(18)2)21-14-19(16)17-10-5-4-6-11-17;/h4-7,9-13,15H,14H2,1-3H3;4-14H,2-3H2,1H3;/q2*-1;. The molecular formula is C42H39IrN3-2. The van der Waals surface area contributed by atoms with E-state index < -0.39 is 0 Å². The van der Waals surface area contributed by atoms with E-state index in [0.717, 1.165) is 41.0 Å².